The Hall–Kier alpha value is -1.39. The molecule has 1 saturated heterocycles. The first-order valence-electron chi connectivity index (χ1n) is 7.90. The minimum Gasteiger partial charge on any atom is -0.339 e. The largest absolute Gasteiger partial charge is 0.339 e. The van der Waals surface area contributed by atoms with Gasteiger partial charge >= 0.3 is 0 Å². The third-order valence-corrected chi connectivity index (χ3v) is 5.10. The molecule has 1 aromatic rings. The van der Waals surface area contributed by atoms with Crippen LogP contribution in [0.3, 0.4) is 0 Å². The molecule has 3 rings (SSSR count). The van der Waals surface area contributed by atoms with E-state index in [-0.39, 0.29) is 5.91 Å². The first-order chi connectivity index (χ1) is 9.78. The van der Waals surface area contributed by atoms with Gasteiger partial charge in [-0.3, -0.25) is 4.79 Å². The molecule has 2 atom stereocenters. The van der Waals surface area contributed by atoms with Gasteiger partial charge in [-0.2, -0.15) is 0 Å². The summed E-state index contributed by atoms with van der Waals surface area (Å²) in [5, 5.41) is 7.93. The molecule has 1 saturated carbocycles. The Morgan fingerprint density at radius 2 is 2.14 bits per heavy atom. The van der Waals surface area contributed by atoms with Gasteiger partial charge < -0.3 is 9.47 Å². The van der Waals surface area contributed by atoms with E-state index in [4.69, 9.17) is 0 Å². The van der Waals surface area contributed by atoms with Crippen LogP contribution in [0.5, 0.6) is 0 Å². The summed E-state index contributed by atoms with van der Waals surface area (Å²) in [7, 11) is 1.92. The predicted octanol–water partition coefficient (Wildman–Crippen LogP) is 2.17. The second kappa shape index (κ2) is 4.82. The number of rotatable bonds is 3. The van der Waals surface area contributed by atoms with Crippen molar-refractivity contribution in [1.82, 2.24) is 19.7 Å². The Kier molecular flexibility index (Phi) is 3.34. The summed E-state index contributed by atoms with van der Waals surface area (Å²) in [5.74, 6) is 1.17. The van der Waals surface area contributed by atoms with Crippen molar-refractivity contribution in [3.63, 3.8) is 0 Å². The predicted molar refractivity (Wildman–Crippen MR) is 80.6 cm³/mol. The Labute approximate surface area is 126 Å². The number of hydrogen-bond acceptors (Lipinski definition) is 3. The van der Waals surface area contributed by atoms with Gasteiger partial charge in [-0.05, 0) is 30.1 Å². The van der Waals surface area contributed by atoms with E-state index in [0.717, 1.165) is 18.8 Å². The first-order valence-corrected chi connectivity index (χ1v) is 7.90. The van der Waals surface area contributed by atoms with E-state index in [1.54, 1.807) is 6.33 Å². The Morgan fingerprint density at radius 1 is 1.38 bits per heavy atom. The maximum Gasteiger partial charge on any atom is 0.223 e. The lowest BCUT2D eigenvalue weighted by Gasteiger charge is -2.39. The number of fused-ring (bicyclic) bond motifs is 2. The van der Waals surface area contributed by atoms with Crippen LogP contribution in [0.25, 0.3) is 0 Å². The zero-order valence-electron chi connectivity index (χ0n) is 13.6. The van der Waals surface area contributed by atoms with E-state index in [2.05, 4.69) is 35.9 Å². The highest BCUT2D eigenvalue weighted by Gasteiger charge is 2.50. The van der Waals surface area contributed by atoms with Crippen LogP contribution >= 0.6 is 0 Å². The molecule has 2 aliphatic rings. The summed E-state index contributed by atoms with van der Waals surface area (Å²) in [6.07, 6.45) is 6.44. The molecule has 0 N–H and O–H groups in total. The molecule has 0 aromatic carbocycles. The van der Waals surface area contributed by atoms with Gasteiger partial charge in [-0.25, -0.2) is 0 Å². The topological polar surface area (TPSA) is 51.0 Å². The highest BCUT2D eigenvalue weighted by atomic mass is 16.2. The molecule has 0 unspecified atom stereocenters. The highest BCUT2D eigenvalue weighted by Crippen LogP contribution is 2.52. The fraction of sp³-hybridized carbons (Fsp3) is 0.812. The van der Waals surface area contributed by atoms with Crippen molar-refractivity contribution in [2.24, 2.45) is 17.9 Å². The van der Waals surface area contributed by atoms with Gasteiger partial charge in [-0.15, -0.1) is 10.2 Å². The van der Waals surface area contributed by atoms with Crippen molar-refractivity contribution < 1.29 is 4.79 Å². The summed E-state index contributed by atoms with van der Waals surface area (Å²) >= 11 is 0. The summed E-state index contributed by atoms with van der Waals surface area (Å²) in [5.41, 5.74) is 0.670. The number of carbonyl (C=O) groups is 1. The molecule has 5 nitrogen and oxygen atoms in total. The monoisotopic (exact) mass is 290 g/mol. The standard InChI is InChI=1S/C16H26N4O/c1-15(2)7-12-8-16(3,9-15)10-20(12)14(21)6-5-13-18-17-11-19(13)4/h11-12H,5-10H2,1-4H3/t12-,16-/m1/s1. The van der Waals surface area contributed by atoms with Crippen LogP contribution in [0.15, 0.2) is 6.33 Å². The van der Waals surface area contributed by atoms with Gasteiger partial charge in [0.2, 0.25) is 5.91 Å². The second-order valence-electron chi connectivity index (χ2n) is 8.09. The Bertz CT molecular complexity index is 550. The van der Waals surface area contributed by atoms with Crippen molar-refractivity contribution in [1.29, 1.82) is 0 Å². The Morgan fingerprint density at radius 3 is 2.81 bits per heavy atom. The maximum absolute atomic E-state index is 12.6. The molecule has 1 aliphatic heterocycles. The Balaban J connectivity index is 1.65. The van der Waals surface area contributed by atoms with Gasteiger partial charge in [0.05, 0.1) is 0 Å². The van der Waals surface area contributed by atoms with E-state index in [1.165, 1.54) is 12.8 Å². The molecule has 5 heteroatoms. The van der Waals surface area contributed by atoms with Gasteiger partial charge in [0.1, 0.15) is 12.2 Å². The van der Waals surface area contributed by atoms with E-state index in [1.807, 2.05) is 11.6 Å². The summed E-state index contributed by atoms with van der Waals surface area (Å²) in [6.45, 7) is 7.95. The van der Waals surface area contributed by atoms with E-state index < -0.39 is 0 Å². The SMILES string of the molecule is Cn1cnnc1CCC(=O)N1C[C@]2(C)C[C@H]1CC(C)(C)C2. The molecular formula is C16H26N4O. The van der Waals surface area contributed by atoms with Gasteiger partial charge in [0.25, 0.3) is 0 Å². The first kappa shape index (κ1) is 14.5. The summed E-state index contributed by atoms with van der Waals surface area (Å²) in [4.78, 5) is 14.8. The van der Waals surface area contributed by atoms with Gasteiger partial charge in [-0.1, -0.05) is 20.8 Å². The van der Waals surface area contributed by atoms with Crippen molar-refractivity contribution in [3.05, 3.63) is 12.2 Å². The molecule has 0 spiro atoms. The molecule has 1 amide bonds. The number of nitrogens with zero attached hydrogens (tertiary/aromatic N) is 4. The van der Waals surface area contributed by atoms with E-state index in [0.29, 0.717) is 29.7 Å². The van der Waals surface area contributed by atoms with E-state index in [9.17, 15) is 4.79 Å². The third kappa shape index (κ3) is 2.83. The number of amides is 1. The van der Waals surface area contributed by atoms with Crippen LogP contribution in [0.1, 0.15) is 52.3 Å². The highest BCUT2D eigenvalue weighted by molar-refractivity contribution is 5.77. The fourth-order valence-electron chi connectivity index (χ4n) is 4.65. The molecule has 2 bridgehead atoms. The zero-order chi connectivity index (χ0) is 15.3. The second-order valence-corrected chi connectivity index (χ2v) is 8.09. The molecule has 21 heavy (non-hydrogen) atoms. The van der Waals surface area contributed by atoms with Crippen molar-refractivity contribution in [2.45, 2.75) is 58.9 Å². The number of aryl methyl sites for hydroxylation is 2. The van der Waals surface area contributed by atoms with Crippen LogP contribution < -0.4 is 0 Å². The van der Waals surface area contributed by atoms with Gasteiger partial charge in [0.15, 0.2) is 0 Å². The molecule has 116 valence electrons. The smallest absolute Gasteiger partial charge is 0.223 e. The van der Waals surface area contributed by atoms with Crippen molar-refractivity contribution >= 4 is 5.91 Å². The van der Waals surface area contributed by atoms with E-state index >= 15 is 0 Å². The van der Waals surface area contributed by atoms with Crippen LogP contribution in [0.4, 0.5) is 0 Å². The lowest BCUT2D eigenvalue weighted by atomic mass is 9.65. The lowest BCUT2D eigenvalue weighted by Crippen LogP contribution is -2.37. The van der Waals surface area contributed by atoms with Crippen LogP contribution in [-0.4, -0.2) is 38.2 Å². The van der Waals surface area contributed by atoms with Crippen LogP contribution in [-0.2, 0) is 18.3 Å². The number of carbonyl (C=O) groups excluding carboxylic acids is 1. The molecule has 1 aromatic heterocycles. The average molecular weight is 290 g/mol. The lowest BCUT2D eigenvalue weighted by molar-refractivity contribution is -0.132. The molecule has 1 aliphatic carbocycles. The van der Waals surface area contributed by atoms with Crippen molar-refractivity contribution in [3.8, 4) is 0 Å². The molecule has 2 heterocycles. The van der Waals surface area contributed by atoms with Crippen LogP contribution in [0.2, 0.25) is 0 Å². The number of aromatic nitrogens is 3. The minimum absolute atomic E-state index is 0.282. The van der Waals surface area contributed by atoms with Crippen LogP contribution in [0, 0.1) is 10.8 Å². The molecular weight excluding hydrogens is 264 g/mol. The quantitative estimate of drug-likeness (QED) is 0.857. The van der Waals surface area contributed by atoms with Gasteiger partial charge in [0, 0.05) is 32.5 Å². The molecule has 0 radical (unpaired) electrons. The zero-order valence-corrected chi connectivity index (χ0v) is 13.6. The number of likely N-dealkylation sites (tertiary alicyclic amines) is 1. The molecule has 2 fully saturated rings. The average Bonchev–Trinajstić information content (AvgIpc) is 2.86. The number of hydrogen-bond donors (Lipinski definition) is 0. The maximum atomic E-state index is 12.6. The fourth-order valence-corrected chi connectivity index (χ4v) is 4.65. The normalized spacial score (nSPS) is 30.7. The minimum atomic E-state index is 0.282. The summed E-state index contributed by atoms with van der Waals surface area (Å²) < 4.78 is 1.89. The van der Waals surface area contributed by atoms with Crippen molar-refractivity contribution in [2.75, 3.05) is 6.54 Å². The summed E-state index contributed by atoms with van der Waals surface area (Å²) in [6, 6.07) is 0.436. The third-order valence-electron chi connectivity index (χ3n) is 5.10.